The van der Waals surface area contributed by atoms with Crippen LogP contribution in [-0.4, -0.2) is 17.9 Å². The minimum absolute atomic E-state index is 0.208. The molecule has 1 aliphatic rings. The van der Waals surface area contributed by atoms with Crippen LogP contribution < -0.4 is 4.90 Å². The molecular weight excluding hydrogens is 292 g/mol. The van der Waals surface area contributed by atoms with Gasteiger partial charge in [-0.3, -0.25) is 0 Å². The largest absolute Gasteiger partial charge is 0.446 e. The third-order valence-corrected chi connectivity index (χ3v) is 3.86. The van der Waals surface area contributed by atoms with Crippen LogP contribution in [0.4, 0.5) is 10.7 Å². The fourth-order valence-corrected chi connectivity index (χ4v) is 2.71. The van der Waals surface area contributed by atoms with Crippen molar-refractivity contribution in [2.75, 3.05) is 11.5 Å². The molecule has 0 saturated carbocycles. The summed E-state index contributed by atoms with van der Waals surface area (Å²) in [6.07, 6.45) is -0.422. The minimum atomic E-state index is -0.422. The van der Waals surface area contributed by atoms with E-state index in [9.17, 15) is 4.79 Å². The van der Waals surface area contributed by atoms with Crippen molar-refractivity contribution in [1.29, 1.82) is 0 Å². The monoisotopic (exact) mass is 306 g/mol. The molecule has 2 aromatic carbocycles. The van der Waals surface area contributed by atoms with Gasteiger partial charge in [0.1, 0.15) is 18.3 Å². The smallest absolute Gasteiger partial charge is 0.417 e. The van der Waals surface area contributed by atoms with Crippen LogP contribution in [0.15, 0.2) is 71.3 Å². The average Bonchev–Trinajstić information content (AvgIpc) is 3.23. The third-order valence-electron chi connectivity index (χ3n) is 3.86. The molecule has 1 fully saturated rings. The maximum absolute atomic E-state index is 12.1. The number of nitrogens with zero attached hydrogens (tertiary/aromatic N) is 2. The number of carbonyl (C=O) groups excluding carboxylic acids is 1. The second-order valence-corrected chi connectivity index (χ2v) is 5.29. The summed E-state index contributed by atoms with van der Waals surface area (Å²) < 4.78 is 10.6. The van der Waals surface area contributed by atoms with Crippen LogP contribution in [0.1, 0.15) is 11.6 Å². The molecular formula is C18H14N2O3. The molecule has 0 radical (unpaired) electrons. The normalized spacial score (nSPS) is 17.3. The Bertz CT molecular complexity index is 815. The highest BCUT2D eigenvalue weighted by molar-refractivity contribution is 5.89. The first-order valence-electron chi connectivity index (χ1n) is 7.36. The van der Waals surface area contributed by atoms with E-state index < -0.39 is 6.09 Å². The Hall–Kier alpha value is -3.08. The van der Waals surface area contributed by atoms with Crippen molar-refractivity contribution in [2.45, 2.75) is 6.04 Å². The summed E-state index contributed by atoms with van der Waals surface area (Å²) in [5.74, 6) is 0.389. The molecule has 1 amide bonds. The molecule has 1 atom stereocenters. The van der Waals surface area contributed by atoms with Crippen molar-refractivity contribution in [3.8, 4) is 11.3 Å². The number of amides is 1. The Balaban J connectivity index is 1.68. The standard InChI is InChI=1S/C18H14N2O3/c21-18-20(16(12-22-18)14-9-5-2-6-10-14)17-11-15(19-23-17)13-7-3-1-4-8-13/h1-11,16H,12H2. The highest BCUT2D eigenvalue weighted by atomic mass is 16.6. The Kier molecular flexibility index (Phi) is 3.31. The van der Waals surface area contributed by atoms with Gasteiger partial charge in [-0.25, -0.2) is 9.69 Å². The van der Waals surface area contributed by atoms with Gasteiger partial charge in [0.2, 0.25) is 5.88 Å². The second kappa shape index (κ2) is 5.61. The van der Waals surface area contributed by atoms with Crippen molar-refractivity contribution in [1.82, 2.24) is 5.16 Å². The number of anilines is 1. The maximum Gasteiger partial charge on any atom is 0.417 e. The van der Waals surface area contributed by atoms with Crippen LogP contribution in [0.25, 0.3) is 11.3 Å². The lowest BCUT2D eigenvalue weighted by molar-refractivity contribution is 0.178. The fraction of sp³-hybridized carbons (Fsp3) is 0.111. The van der Waals surface area contributed by atoms with Crippen molar-refractivity contribution in [3.63, 3.8) is 0 Å². The Morgan fingerprint density at radius 1 is 1.00 bits per heavy atom. The summed E-state index contributed by atoms with van der Waals surface area (Å²) in [6.45, 7) is 0.296. The van der Waals surface area contributed by atoms with Crippen LogP contribution in [0, 0.1) is 0 Å². The van der Waals surface area contributed by atoms with Gasteiger partial charge >= 0.3 is 6.09 Å². The number of rotatable bonds is 3. The van der Waals surface area contributed by atoms with Gasteiger partial charge in [-0.15, -0.1) is 0 Å². The van der Waals surface area contributed by atoms with Gasteiger partial charge in [0.25, 0.3) is 0 Å². The lowest BCUT2D eigenvalue weighted by atomic mass is 10.1. The zero-order valence-electron chi connectivity index (χ0n) is 12.3. The molecule has 1 saturated heterocycles. The maximum atomic E-state index is 12.1. The van der Waals surface area contributed by atoms with Crippen molar-refractivity contribution in [3.05, 3.63) is 72.3 Å². The first kappa shape index (κ1) is 13.6. The van der Waals surface area contributed by atoms with Crippen molar-refractivity contribution in [2.24, 2.45) is 0 Å². The van der Waals surface area contributed by atoms with Crippen molar-refractivity contribution >= 4 is 12.0 Å². The van der Waals surface area contributed by atoms with Gasteiger partial charge in [0.05, 0.1) is 0 Å². The van der Waals surface area contributed by atoms with Crippen molar-refractivity contribution < 1.29 is 14.1 Å². The SMILES string of the molecule is O=C1OCC(c2ccccc2)N1c1cc(-c2ccccc2)no1. The Labute approximate surface area is 133 Å². The lowest BCUT2D eigenvalue weighted by Gasteiger charge is -2.17. The lowest BCUT2D eigenvalue weighted by Crippen LogP contribution is -2.26. The summed E-state index contributed by atoms with van der Waals surface area (Å²) in [5, 5.41) is 4.07. The fourth-order valence-electron chi connectivity index (χ4n) is 2.71. The van der Waals surface area contributed by atoms with E-state index in [1.165, 1.54) is 4.90 Å². The van der Waals surface area contributed by atoms with E-state index in [4.69, 9.17) is 9.26 Å². The quantitative estimate of drug-likeness (QED) is 0.733. The van der Waals surface area contributed by atoms with E-state index >= 15 is 0 Å². The number of ether oxygens (including phenoxy) is 1. The molecule has 1 aliphatic heterocycles. The molecule has 3 aromatic rings. The number of benzene rings is 2. The van der Waals surface area contributed by atoms with E-state index in [-0.39, 0.29) is 6.04 Å². The highest BCUT2D eigenvalue weighted by Crippen LogP contribution is 2.34. The topological polar surface area (TPSA) is 55.6 Å². The molecule has 4 rings (SSSR count). The highest BCUT2D eigenvalue weighted by Gasteiger charge is 2.37. The number of cyclic esters (lactones) is 1. The molecule has 1 unspecified atom stereocenters. The number of aromatic nitrogens is 1. The van der Waals surface area contributed by atoms with Gasteiger partial charge < -0.3 is 9.26 Å². The molecule has 5 nitrogen and oxygen atoms in total. The van der Waals surface area contributed by atoms with Gasteiger partial charge in [-0.05, 0) is 5.56 Å². The summed E-state index contributed by atoms with van der Waals surface area (Å²) >= 11 is 0. The van der Waals surface area contributed by atoms with Crippen LogP contribution in [0.3, 0.4) is 0 Å². The molecule has 0 aliphatic carbocycles. The molecule has 114 valence electrons. The molecule has 1 aromatic heterocycles. The van der Waals surface area contributed by atoms with E-state index in [0.29, 0.717) is 18.2 Å². The Morgan fingerprint density at radius 3 is 2.43 bits per heavy atom. The minimum Gasteiger partial charge on any atom is -0.446 e. The molecule has 0 bridgehead atoms. The third kappa shape index (κ3) is 2.46. The molecule has 5 heteroatoms. The van der Waals surface area contributed by atoms with Crippen LogP contribution in [0.5, 0.6) is 0 Å². The molecule has 0 N–H and O–H groups in total. The van der Waals surface area contributed by atoms with Gasteiger partial charge in [0, 0.05) is 11.6 Å². The van der Waals surface area contributed by atoms with E-state index in [0.717, 1.165) is 11.1 Å². The predicted molar refractivity (Wildman–Crippen MR) is 84.9 cm³/mol. The average molecular weight is 306 g/mol. The number of carbonyl (C=O) groups is 1. The molecule has 2 heterocycles. The van der Waals surface area contributed by atoms with E-state index in [1.807, 2.05) is 60.7 Å². The summed E-state index contributed by atoms with van der Waals surface area (Å²) in [5.41, 5.74) is 2.62. The first-order valence-corrected chi connectivity index (χ1v) is 7.36. The van der Waals surface area contributed by atoms with Gasteiger partial charge in [0.15, 0.2) is 0 Å². The predicted octanol–water partition coefficient (Wildman–Crippen LogP) is 4.04. The zero-order valence-corrected chi connectivity index (χ0v) is 12.3. The van der Waals surface area contributed by atoms with Gasteiger partial charge in [-0.1, -0.05) is 65.8 Å². The second-order valence-electron chi connectivity index (χ2n) is 5.29. The number of hydrogen-bond acceptors (Lipinski definition) is 4. The van der Waals surface area contributed by atoms with Crippen LogP contribution >= 0.6 is 0 Å². The van der Waals surface area contributed by atoms with Crippen LogP contribution in [0.2, 0.25) is 0 Å². The Morgan fingerprint density at radius 2 is 1.70 bits per heavy atom. The van der Waals surface area contributed by atoms with E-state index in [2.05, 4.69) is 5.16 Å². The van der Waals surface area contributed by atoms with E-state index in [1.54, 1.807) is 6.07 Å². The van der Waals surface area contributed by atoms with Gasteiger partial charge in [-0.2, -0.15) is 0 Å². The molecule has 0 spiro atoms. The molecule has 23 heavy (non-hydrogen) atoms. The first-order chi connectivity index (χ1) is 11.3. The summed E-state index contributed by atoms with van der Waals surface area (Å²) in [6, 6.07) is 21.0. The zero-order chi connectivity index (χ0) is 15.6. The number of hydrogen-bond donors (Lipinski definition) is 0. The van der Waals surface area contributed by atoms with Crippen LogP contribution in [-0.2, 0) is 4.74 Å². The summed E-state index contributed by atoms with van der Waals surface area (Å²) in [7, 11) is 0. The summed E-state index contributed by atoms with van der Waals surface area (Å²) in [4.78, 5) is 13.6.